The van der Waals surface area contributed by atoms with Crippen molar-refractivity contribution in [2.45, 2.75) is 44.1 Å². The molecule has 0 amide bonds. The van der Waals surface area contributed by atoms with E-state index in [1.807, 2.05) is 5.01 Å². The minimum atomic E-state index is -0.783. The van der Waals surface area contributed by atoms with Crippen LogP contribution in [0.3, 0.4) is 0 Å². The fourth-order valence-corrected chi connectivity index (χ4v) is 6.93. The number of benzene rings is 2. The highest BCUT2D eigenvalue weighted by molar-refractivity contribution is 6.03. The highest BCUT2D eigenvalue weighted by Crippen LogP contribution is 2.42. The molecule has 3 aliphatic heterocycles. The molecule has 7 rings (SSSR count). The number of rotatable bonds is 5. The minimum Gasteiger partial charge on any atom is -0.508 e. The van der Waals surface area contributed by atoms with Gasteiger partial charge in [-0.25, -0.2) is 18.6 Å². The molecule has 2 aromatic carbocycles. The van der Waals surface area contributed by atoms with Crippen LogP contribution in [-0.4, -0.2) is 63.3 Å². The smallest absolute Gasteiger partial charge is 0.319 e. The van der Waals surface area contributed by atoms with Gasteiger partial charge < -0.3 is 9.84 Å². The van der Waals surface area contributed by atoms with E-state index in [4.69, 9.17) is 16.1 Å². The van der Waals surface area contributed by atoms with Crippen molar-refractivity contribution < 1.29 is 23.0 Å². The van der Waals surface area contributed by atoms with Crippen LogP contribution in [0.25, 0.3) is 32.9 Å². The van der Waals surface area contributed by atoms with Crippen molar-refractivity contribution >= 4 is 27.5 Å². The van der Waals surface area contributed by atoms with Crippen LogP contribution in [0.2, 0.25) is 0 Å². The Bertz CT molecular complexity index is 1850. The summed E-state index contributed by atoms with van der Waals surface area (Å²) in [7, 11) is 0. The summed E-state index contributed by atoms with van der Waals surface area (Å²) < 4.78 is 51.1. The molecule has 3 fully saturated rings. The van der Waals surface area contributed by atoms with E-state index in [0.29, 0.717) is 42.4 Å². The molecular weight excluding hydrogens is 569 g/mol. The average Bonchev–Trinajstić information content (AvgIpc) is 3.44. The highest BCUT2D eigenvalue weighted by Gasteiger charge is 2.47. The normalized spacial score (nSPS) is 21.6. The van der Waals surface area contributed by atoms with E-state index in [-0.39, 0.29) is 51.6 Å². The van der Waals surface area contributed by atoms with Crippen LogP contribution in [0.5, 0.6) is 11.8 Å². The van der Waals surface area contributed by atoms with Gasteiger partial charge in [0.15, 0.2) is 11.6 Å². The molecule has 44 heavy (non-hydrogen) atoms. The molecule has 11 heteroatoms. The largest absolute Gasteiger partial charge is 0.508 e. The number of nitrogens with one attached hydrogen (secondary N) is 1. The molecule has 5 heterocycles. The average molecular weight is 601 g/mol. The van der Waals surface area contributed by atoms with Crippen molar-refractivity contribution in [3.8, 4) is 35.4 Å². The number of phenolic OH excluding ortho intramolecular Hbond substituents is 1. The molecule has 0 bridgehead atoms. The second kappa shape index (κ2) is 11.3. The number of anilines is 1. The quantitative estimate of drug-likeness (QED) is 0.279. The first-order valence-electron chi connectivity index (χ1n) is 14.9. The number of aromatic nitrogens is 3. The van der Waals surface area contributed by atoms with Gasteiger partial charge in [-0.05, 0) is 67.8 Å². The number of pyridine rings is 1. The van der Waals surface area contributed by atoms with Gasteiger partial charge in [-0.15, -0.1) is 6.42 Å². The first kappa shape index (κ1) is 28.4. The Kier molecular flexibility index (Phi) is 7.26. The summed E-state index contributed by atoms with van der Waals surface area (Å²) in [5, 5.41) is 13.4. The number of nitrogens with zero attached hydrogens (tertiary/aromatic N) is 5. The minimum absolute atomic E-state index is 0.00961. The van der Waals surface area contributed by atoms with E-state index >= 15 is 4.39 Å². The van der Waals surface area contributed by atoms with E-state index < -0.39 is 11.6 Å². The molecule has 1 unspecified atom stereocenters. The van der Waals surface area contributed by atoms with Crippen LogP contribution in [0.1, 0.15) is 44.1 Å². The zero-order valence-electron chi connectivity index (χ0n) is 24.0. The second-order valence-corrected chi connectivity index (χ2v) is 11.8. The van der Waals surface area contributed by atoms with Crippen LogP contribution in [0.15, 0.2) is 42.4 Å². The molecule has 226 valence electrons. The number of hydrogen-bond donors (Lipinski definition) is 2. The highest BCUT2D eigenvalue weighted by atomic mass is 19.1. The fraction of sp³-hybridized carbons (Fsp3) is 0.364. The van der Waals surface area contributed by atoms with Gasteiger partial charge >= 0.3 is 6.01 Å². The molecule has 0 radical (unpaired) electrons. The Morgan fingerprint density at radius 2 is 2.02 bits per heavy atom. The van der Waals surface area contributed by atoms with Crippen LogP contribution in [0.4, 0.5) is 19.0 Å². The lowest BCUT2D eigenvalue weighted by Crippen LogP contribution is -2.43. The first-order chi connectivity index (χ1) is 21.4. The van der Waals surface area contributed by atoms with Crippen LogP contribution < -0.4 is 15.2 Å². The summed E-state index contributed by atoms with van der Waals surface area (Å²) in [5.41, 5.74) is 3.63. The Balaban J connectivity index is 1.37. The molecule has 3 saturated heterocycles. The summed E-state index contributed by atoms with van der Waals surface area (Å²) in [6.45, 7) is 3.00. The number of phenols is 1. The van der Waals surface area contributed by atoms with Gasteiger partial charge in [0.05, 0.1) is 22.8 Å². The van der Waals surface area contributed by atoms with Crippen molar-refractivity contribution in [1.82, 2.24) is 25.3 Å². The van der Waals surface area contributed by atoms with Gasteiger partial charge in [0.1, 0.15) is 29.4 Å². The monoisotopic (exact) mass is 600 g/mol. The number of terminal acetylenes is 1. The molecule has 0 aliphatic carbocycles. The Labute approximate surface area is 252 Å². The molecule has 3 aliphatic rings. The SMILES string of the molecule is C#Cc1c(F)ccc2cc(O)cc(-c3ncc4c(N5CCCCCN5)nc(OCC56CCCN5C/C(=C/F)C6)nc4c3F)c12. The summed E-state index contributed by atoms with van der Waals surface area (Å²) in [5.74, 6) is 1.22. The molecule has 0 spiro atoms. The molecule has 0 saturated carbocycles. The van der Waals surface area contributed by atoms with E-state index in [1.54, 1.807) is 0 Å². The molecule has 1 atom stereocenters. The standard InChI is InChI=1S/C33H31F3N6O2/c1-2-23-26(35)8-7-21-13-22(43)14-24(27(21)23)29-28(36)30-25(17-37-29)31(42-12-5-3-4-10-38-42)40-32(39-30)44-19-33-9-6-11-41(33)18-20(15-33)16-34/h1,7-8,13-14,16-17,38,43H,3-6,9-12,15,18-19H2/b20-16+. The maximum atomic E-state index is 16.7. The topological polar surface area (TPSA) is 86.6 Å². The number of fused-ring (bicyclic) bond motifs is 3. The van der Waals surface area contributed by atoms with E-state index in [1.165, 1.54) is 30.5 Å². The van der Waals surface area contributed by atoms with Gasteiger partial charge in [0.25, 0.3) is 0 Å². The van der Waals surface area contributed by atoms with E-state index in [0.717, 1.165) is 50.8 Å². The Morgan fingerprint density at radius 3 is 2.86 bits per heavy atom. The van der Waals surface area contributed by atoms with Gasteiger partial charge in [-0.2, -0.15) is 9.97 Å². The molecular formula is C33H31F3N6O2. The maximum Gasteiger partial charge on any atom is 0.319 e. The Hall–Kier alpha value is -4.40. The summed E-state index contributed by atoms with van der Waals surface area (Å²) >= 11 is 0. The van der Waals surface area contributed by atoms with Gasteiger partial charge in [-0.3, -0.25) is 14.9 Å². The maximum absolute atomic E-state index is 16.7. The van der Waals surface area contributed by atoms with Gasteiger partial charge in [-0.1, -0.05) is 18.4 Å². The number of aromatic hydroxyl groups is 1. The van der Waals surface area contributed by atoms with Crippen molar-refractivity contribution in [2.75, 3.05) is 37.8 Å². The lowest BCUT2D eigenvalue weighted by atomic mass is 9.94. The van der Waals surface area contributed by atoms with Crippen molar-refractivity contribution in [3.05, 3.63) is 59.6 Å². The van der Waals surface area contributed by atoms with Gasteiger partial charge in [0, 0.05) is 36.8 Å². The number of hydrazine groups is 1. The zero-order valence-corrected chi connectivity index (χ0v) is 24.0. The van der Waals surface area contributed by atoms with E-state index in [9.17, 15) is 13.9 Å². The van der Waals surface area contributed by atoms with Gasteiger partial charge in [0.2, 0.25) is 0 Å². The lowest BCUT2D eigenvalue weighted by molar-refractivity contribution is 0.108. The Morgan fingerprint density at radius 1 is 1.14 bits per heavy atom. The number of hydrogen-bond acceptors (Lipinski definition) is 8. The predicted octanol–water partition coefficient (Wildman–Crippen LogP) is 5.78. The zero-order chi connectivity index (χ0) is 30.4. The third kappa shape index (κ3) is 4.78. The third-order valence-corrected chi connectivity index (χ3v) is 9.03. The van der Waals surface area contributed by atoms with Crippen molar-refractivity contribution in [1.29, 1.82) is 0 Å². The molecule has 2 aromatic heterocycles. The lowest BCUT2D eigenvalue weighted by Gasteiger charge is -2.31. The fourth-order valence-electron chi connectivity index (χ4n) is 6.93. The van der Waals surface area contributed by atoms with Crippen molar-refractivity contribution in [2.24, 2.45) is 0 Å². The number of halogens is 3. The predicted molar refractivity (Wildman–Crippen MR) is 162 cm³/mol. The summed E-state index contributed by atoms with van der Waals surface area (Å²) in [4.78, 5) is 15.9. The van der Waals surface area contributed by atoms with Crippen LogP contribution >= 0.6 is 0 Å². The first-order valence-corrected chi connectivity index (χ1v) is 14.9. The number of ether oxygens (including phenoxy) is 1. The molecule has 8 nitrogen and oxygen atoms in total. The van der Waals surface area contributed by atoms with E-state index in [2.05, 4.69) is 26.2 Å². The third-order valence-electron chi connectivity index (χ3n) is 9.03. The van der Waals surface area contributed by atoms with Crippen LogP contribution in [0, 0.1) is 24.0 Å². The summed E-state index contributed by atoms with van der Waals surface area (Å²) in [6.07, 6.45) is 13.1. The van der Waals surface area contributed by atoms with Crippen molar-refractivity contribution in [3.63, 3.8) is 0 Å². The molecule has 4 aromatic rings. The summed E-state index contributed by atoms with van der Waals surface area (Å²) in [6, 6.07) is 5.44. The molecule has 2 N–H and O–H groups in total. The second-order valence-electron chi connectivity index (χ2n) is 11.8. The van der Waals surface area contributed by atoms with Crippen LogP contribution in [-0.2, 0) is 0 Å².